The molecular formula is C19H20FNO4S. The maximum absolute atomic E-state index is 12.8. The van der Waals surface area contributed by atoms with Crippen LogP contribution in [0.25, 0.3) is 0 Å². The number of methoxy groups -OCH3 is 1. The third kappa shape index (κ3) is 6.40. The van der Waals surface area contributed by atoms with E-state index in [1.165, 1.54) is 30.8 Å². The molecule has 5 nitrogen and oxygen atoms in total. The Bertz CT molecular complexity index is 734. The predicted octanol–water partition coefficient (Wildman–Crippen LogP) is 3.89. The van der Waals surface area contributed by atoms with Crippen molar-refractivity contribution in [3.8, 4) is 5.75 Å². The Kier molecular flexibility index (Phi) is 7.47. The molecule has 26 heavy (non-hydrogen) atoms. The lowest BCUT2D eigenvalue weighted by Gasteiger charge is -2.13. The average Bonchev–Trinajstić information content (AvgIpc) is 2.64. The van der Waals surface area contributed by atoms with Crippen LogP contribution < -0.4 is 10.1 Å². The number of ether oxygens (including phenoxy) is 2. The van der Waals surface area contributed by atoms with E-state index in [0.717, 1.165) is 4.90 Å². The summed E-state index contributed by atoms with van der Waals surface area (Å²) in [5.41, 5.74) is 0.588. The number of hydrogen-bond acceptors (Lipinski definition) is 5. The van der Waals surface area contributed by atoms with Gasteiger partial charge >= 0.3 is 5.97 Å². The SMILES string of the molecule is COc1ccc(NC(=O)C(C)OC(=O)CCSc2ccc(F)cc2)cc1. The molecule has 0 spiro atoms. The minimum atomic E-state index is -0.902. The number of nitrogens with one attached hydrogen (secondary N) is 1. The van der Waals surface area contributed by atoms with E-state index in [0.29, 0.717) is 17.2 Å². The maximum Gasteiger partial charge on any atom is 0.307 e. The van der Waals surface area contributed by atoms with Crippen molar-refractivity contribution in [1.82, 2.24) is 0 Å². The second kappa shape index (κ2) is 9.82. The van der Waals surface area contributed by atoms with Crippen LogP contribution in [0, 0.1) is 5.82 Å². The van der Waals surface area contributed by atoms with Crippen LogP contribution in [0.2, 0.25) is 0 Å². The van der Waals surface area contributed by atoms with Gasteiger partial charge in [-0.25, -0.2) is 4.39 Å². The van der Waals surface area contributed by atoms with Crippen LogP contribution in [0.15, 0.2) is 53.4 Å². The van der Waals surface area contributed by atoms with Gasteiger partial charge in [0.1, 0.15) is 11.6 Å². The molecule has 1 amide bonds. The highest BCUT2D eigenvalue weighted by molar-refractivity contribution is 7.99. The lowest BCUT2D eigenvalue weighted by Crippen LogP contribution is -2.30. The number of esters is 1. The lowest BCUT2D eigenvalue weighted by molar-refractivity contribution is -0.152. The van der Waals surface area contributed by atoms with Crippen molar-refractivity contribution >= 4 is 29.3 Å². The van der Waals surface area contributed by atoms with Gasteiger partial charge in [0.05, 0.1) is 13.5 Å². The first-order valence-electron chi connectivity index (χ1n) is 8.00. The van der Waals surface area contributed by atoms with Gasteiger partial charge in [-0.3, -0.25) is 9.59 Å². The molecule has 0 saturated carbocycles. The molecule has 0 saturated heterocycles. The number of halogens is 1. The number of hydrogen-bond donors (Lipinski definition) is 1. The first-order chi connectivity index (χ1) is 12.5. The van der Waals surface area contributed by atoms with Crippen LogP contribution in [0.4, 0.5) is 10.1 Å². The first-order valence-corrected chi connectivity index (χ1v) is 8.99. The molecule has 2 rings (SSSR count). The molecule has 1 unspecified atom stereocenters. The fourth-order valence-corrected chi connectivity index (χ4v) is 2.84. The van der Waals surface area contributed by atoms with Crippen LogP contribution in [-0.2, 0) is 14.3 Å². The Hall–Kier alpha value is -2.54. The van der Waals surface area contributed by atoms with E-state index >= 15 is 0 Å². The van der Waals surface area contributed by atoms with Crippen molar-refractivity contribution in [2.75, 3.05) is 18.2 Å². The van der Waals surface area contributed by atoms with Crippen LogP contribution in [0.5, 0.6) is 5.75 Å². The van der Waals surface area contributed by atoms with Crippen molar-refractivity contribution in [3.05, 3.63) is 54.3 Å². The van der Waals surface area contributed by atoms with E-state index in [-0.39, 0.29) is 12.2 Å². The molecule has 0 aromatic heterocycles. The van der Waals surface area contributed by atoms with Crippen molar-refractivity contribution < 1.29 is 23.5 Å². The zero-order chi connectivity index (χ0) is 18.9. The first kappa shape index (κ1) is 19.8. The smallest absolute Gasteiger partial charge is 0.307 e. The summed E-state index contributed by atoms with van der Waals surface area (Å²) in [5.74, 6) is -0.00428. The highest BCUT2D eigenvalue weighted by Gasteiger charge is 2.17. The quantitative estimate of drug-likeness (QED) is 0.559. The van der Waals surface area contributed by atoms with Crippen LogP contribution >= 0.6 is 11.8 Å². The van der Waals surface area contributed by atoms with Crippen LogP contribution in [0.3, 0.4) is 0 Å². The Labute approximate surface area is 155 Å². The van der Waals surface area contributed by atoms with E-state index in [1.807, 2.05) is 0 Å². The van der Waals surface area contributed by atoms with Gasteiger partial charge < -0.3 is 14.8 Å². The molecule has 2 aromatic rings. The van der Waals surface area contributed by atoms with Crippen LogP contribution in [-0.4, -0.2) is 30.8 Å². The van der Waals surface area contributed by atoms with E-state index in [1.54, 1.807) is 43.5 Å². The fourth-order valence-electron chi connectivity index (χ4n) is 2.01. The molecule has 1 N–H and O–H groups in total. The number of benzene rings is 2. The number of carbonyl (C=O) groups is 2. The Morgan fingerprint density at radius 1 is 1.12 bits per heavy atom. The number of anilines is 1. The van der Waals surface area contributed by atoms with Crippen molar-refractivity contribution in [2.24, 2.45) is 0 Å². The summed E-state index contributed by atoms with van der Waals surface area (Å²) < 4.78 is 23.0. The lowest BCUT2D eigenvalue weighted by atomic mass is 10.3. The Morgan fingerprint density at radius 2 is 1.77 bits per heavy atom. The third-order valence-corrected chi connectivity index (χ3v) is 4.44. The average molecular weight is 377 g/mol. The second-order valence-corrected chi connectivity index (χ2v) is 6.57. The van der Waals surface area contributed by atoms with Gasteiger partial charge in [0.25, 0.3) is 5.91 Å². The predicted molar refractivity (Wildman–Crippen MR) is 98.9 cm³/mol. The van der Waals surface area contributed by atoms with E-state index in [9.17, 15) is 14.0 Å². The maximum atomic E-state index is 12.8. The minimum absolute atomic E-state index is 0.155. The van der Waals surface area contributed by atoms with Gasteiger partial charge in [-0.15, -0.1) is 11.8 Å². The molecule has 0 aliphatic carbocycles. The zero-order valence-electron chi connectivity index (χ0n) is 14.5. The van der Waals surface area contributed by atoms with E-state index in [2.05, 4.69) is 5.32 Å². The van der Waals surface area contributed by atoms with Crippen molar-refractivity contribution in [1.29, 1.82) is 0 Å². The molecule has 0 aliphatic heterocycles. The summed E-state index contributed by atoms with van der Waals surface area (Å²) in [4.78, 5) is 24.8. The Balaban J connectivity index is 1.72. The highest BCUT2D eigenvalue weighted by Crippen LogP contribution is 2.19. The topological polar surface area (TPSA) is 64.6 Å². The van der Waals surface area contributed by atoms with Gasteiger partial charge in [0.2, 0.25) is 0 Å². The summed E-state index contributed by atoms with van der Waals surface area (Å²) in [7, 11) is 1.56. The molecule has 138 valence electrons. The standard InChI is InChI=1S/C19H20FNO4S/c1-13(19(23)21-15-5-7-16(24-2)8-6-15)25-18(22)11-12-26-17-9-3-14(20)4-10-17/h3-10,13H,11-12H2,1-2H3,(H,21,23). The Morgan fingerprint density at radius 3 is 2.38 bits per heavy atom. The van der Waals surface area contributed by atoms with E-state index in [4.69, 9.17) is 9.47 Å². The minimum Gasteiger partial charge on any atom is -0.497 e. The number of thioether (sulfide) groups is 1. The van der Waals surface area contributed by atoms with Crippen molar-refractivity contribution in [3.63, 3.8) is 0 Å². The fraction of sp³-hybridized carbons (Fsp3) is 0.263. The summed E-state index contributed by atoms with van der Waals surface area (Å²) in [6, 6.07) is 12.9. The van der Waals surface area contributed by atoms with Gasteiger partial charge in [0, 0.05) is 16.3 Å². The van der Waals surface area contributed by atoms with Crippen molar-refractivity contribution in [2.45, 2.75) is 24.3 Å². The molecular weight excluding hydrogens is 357 g/mol. The molecule has 0 bridgehead atoms. The summed E-state index contributed by atoms with van der Waals surface area (Å²) in [6.07, 6.45) is -0.747. The highest BCUT2D eigenvalue weighted by atomic mass is 32.2. The van der Waals surface area contributed by atoms with Gasteiger partial charge in [-0.05, 0) is 55.5 Å². The number of amides is 1. The summed E-state index contributed by atoms with van der Waals surface area (Å²) in [6.45, 7) is 1.52. The monoisotopic (exact) mass is 377 g/mol. The molecule has 1 atom stereocenters. The number of rotatable bonds is 8. The molecule has 0 radical (unpaired) electrons. The van der Waals surface area contributed by atoms with Gasteiger partial charge in [0.15, 0.2) is 6.10 Å². The molecule has 0 fully saturated rings. The number of carbonyl (C=O) groups excluding carboxylic acids is 2. The second-order valence-electron chi connectivity index (χ2n) is 5.40. The normalized spacial score (nSPS) is 11.5. The molecule has 0 aliphatic rings. The molecule has 2 aromatic carbocycles. The third-order valence-electron chi connectivity index (χ3n) is 3.42. The van der Waals surface area contributed by atoms with Gasteiger partial charge in [-0.1, -0.05) is 0 Å². The summed E-state index contributed by atoms with van der Waals surface area (Å²) in [5, 5.41) is 2.67. The largest absolute Gasteiger partial charge is 0.497 e. The molecule has 0 heterocycles. The summed E-state index contributed by atoms with van der Waals surface area (Å²) >= 11 is 1.42. The molecule has 7 heteroatoms. The van der Waals surface area contributed by atoms with Gasteiger partial charge in [-0.2, -0.15) is 0 Å². The zero-order valence-corrected chi connectivity index (χ0v) is 15.3. The van der Waals surface area contributed by atoms with Crippen LogP contribution in [0.1, 0.15) is 13.3 Å². The van der Waals surface area contributed by atoms with E-state index < -0.39 is 18.0 Å².